The molecule has 0 bridgehead atoms. The largest absolute Gasteiger partial charge is 0.353 e. The highest BCUT2D eigenvalue weighted by Gasteiger charge is 2.32. The number of carbonyl (C=O) groups excluding carboxylic acids is 1. The fourth-order valence-electron chi connectivity index (χ4n) is 3.13. The molecule has 2 aromatic heterocycles. The Labute approximate surface area is 133 Å². The molecule has 1 N–H and O–H groups in total. The molecule has 1 aliphatic carbocycles. The van der Waals surface area contributed by atoms with E-state index in [1.54, 1.807) is 17.7 Å². The molecule has 1 atom stereocenters. The van der Waals surface area contributed by atoms with Gasteiger partial charge in [0.1, 0.15) is 12.1 Å². The number of piperidine rings is 1. The number of nitrogens with zero attached hydrogens (tertiary/aromatic N) is 3. The van der Waals surface area contributed by atoms with Crippen molar-refractivity contribution < 1.29 is 4.79 Å². The smallest absolute Gasteiger partial charge is 0.223 e. The number of aryl methyl sites for hydroxylation is 1. The standard InChI is InChI=1S/C16H20N4OS/c1-10-8-22-14-13(10)17-9-18-15(14)20-6-2-3-12(7-20)19-16(21)11-4-5-11/h8-9,11-12H,2-7H2,1H3,(H,19,21). The summed E-state index contributed by atoms with van der Waals surface area (Å²) in [6, 6.07) is 0.243. The van der Waals surface area contributed by atoms with E-state index in [4.69, 9.17) is 0 Å². The summed E-state index contributed by atoms with van der Waals surface area (Å²) in [4.78, 5) is 23.2. The highest BCUT2D eigenvalue weighted by atomic mass is 32.1. The van der Waals surface area contributed by atoms with Crippen molar-refractivity contribution in [2.24, 2.45) is 5.92 Å². The number of rotatable bonds is 3. The molecule has 1 amide bonds. The quantitative estimate of drug-likeness (QED) is 0.945. The van der Waals surface area contributed by atoms with Gasteiger partial charge in [0.15, 0.2) is 0 Å². The zero-order valence-electron chi connectivity index (χ0n) is 12.7. The molecule has 0 aromatic carbocycles. The Balaban J connectivity index is 1.54. The minimum Gasteiger partial charge on any atom is -0.353 e. The molecule has 2 fully saturated rings. The Morgan fingerprint density at radius 1 is 1.36 bits per heavy atom. The Hall–Kier alpha value is -1.69. The van der Waals surface area contributed by atoms with Crippen molar-refractivity contribution in [3.8, 4) is 0 Å². The number of amides is 1. The minimum atomic E-state index is 0.242. The van der Waals surface area contributed by atoms with Gasteiger partial charge in [-0.25, -0.2) is 9.97 Å². The minimum absolute atomic E-state index is 0.242. The lowest BCUT2D eigenvalue weighted by molar-refractivity contribution is -0.123. The van der Waals surface area contributed by atoms with Crippen LogP contribution in [0.1, 0.15) is 31.2 Å². The normalized spacial score (nSPS) is 22.0. The van der Waals surface area contributed by atoms with Crippen LogP contribution in [0.15, 0.2) is 11.7 Å². The second-order valence-electron chi connectivity index (χ2n) is 6.36. The van der Waals surface area contributed by atoms with E-state index in [2.05, 4.69) is 32.5 Å². The molecule has 0 radical (unpaired) electrons. The van der Waals surface area contributed by atoms with Gasteiger partial charge in [0.2, 0.25) is 5.91 Å². The Morgan fingerprint density at radius 2 is 2.23 bits per heavy atom. The molecule has 1 aliphatic heterocycles. The van der Waals surface area contributed by atoms with Crippen LogP contribution in [0.2, 0.25) is 0 Å². The van der Waals surface area contributed by atoms with Gasteiger partial charge in [-0.2, -0.15) is 0 Å². The Bertz CT molecular complexity index is 709. The van der Waals surface area contributed by atoms with E-state index in [0.29, 0.717) is 0 Å². The molecule has 2 aliphatic rings. The van der Waals surface area contributed by atoms with E-state index < -0.39 is 0 Å². The van der Waals surface area contributed by atoms with Gasteiger partial charge >= 0.3 is 0 Å². The zero-order valence-corrected chi connectivity index (χ0v) is 13.5. The van der Waals surface area contributed by atoms with Crippen molar-refractivity contribution in [2.75, 3.05) is 18.0 Å². The van der Waals surface area contributed by atoms with Crippen molar-refractivity contribution in [2.45, 2.75) is 38.6 Å². The predicted octanol–water partition coefficient (Wildman–Crippen LogP) is 2.49. The van der Waals surface area contributed by atoms with Crippen LogP contribution in [-0.4, -0.2) is 35.0 Å². The lowest BCUT2D eigenvalue weighted by Crippen LogP contribution is -2.48. The monoisotopic (exact) mass is 316 g/mol. The molecule has 4 rings (SSSR count). The maximum Gasteiger partial charge on any atom is 0.223 e. The van der Waals surface area contributed by atoms with Crippen LogP contribution in [-0.2, 0) is 4.79 Å². The molecule has 0 spiro atoms. The molecule has 1 unspecified atom stereocenters. The first-order valence-corrected chi connectivity index (χ1v) is 8.84. The summed E-state index contributed by atoms with van der Waals surface area (Å²) in [7, 11) is 0. The molecular formula is C16H20N4OS. The summed E-state index contributed by atoms with van der Waals surface area (Å²) in [6.07, 6.45) is 5.93. The van der Waals surface area contributed by atoms with E-state index in [0.717, 1.165) is 54.8 Å². The topological polar surface area (TPSA) is 58.1 Å². The maximum absolute atomic E-state index is 12.0. The van der Waals surface area contributed by atoms with E-state index in [9.17, 15) is 4.79 Å². The molecule has 1 saturated carbocycles. The van der Waals surface area contributed by atoms with Crippen LogP contribution < -0.4 is 10.2 Å². The van der Waals surface area contributed by atoms with Crippen LogP contribution in [0.25, 0.3) is 10.2 Å². The van der Waals surface area contributed by atoms with Crippen molar-refractivity contribution in [3.63, 3.8) is 0 Å². The molecule has 1 saturated heterocycles. The fraction of sp³-hybridized carbons (Fsp3) is 0.562. The molecule has 2 aromatic rings. The summed E-state index contributed by atoms with van der Waals surface area (Å²) in [5, 5.41) is 5.35. The average molecular weight is 316 g/mol. The molecule has 6 heteroatoms. The third kappa shape index (κ3) is 2.56. The van der Waals surface area contributed by atoms with Crippen LogP contribution in [0.4, 0.5) is 5.82 Å². The summed E-state index contributed by atoms with van der Waals surface area (Å²) < 4.78 is 1.16. The summed E-state index contributed by atoms with van der Waals surface area (Å²) >= 11 is 1.71. The third-order valence-electron chi connectivity index (χ3n) is 4.53. The zero-order chi connectivity index (χ0) is 15.1. The molecule has 3 heterocycles. The van der Waals surface area contributed by atoms with E-state index in [-0.39, 0.29) is 17.9 Å². The first-order chi connectivity index (χ1) is 10.7. The molecular weight excluding hydrogens is 296 g/mol. The number of carbonyl (C=O) groups is 1. The Morgan fingerprint density at radius 3 is 3.05 bits per heavy atom. The van der Waals surface area contributed by atoms with Gasteiger partial charge in [-0.15, -0.1) is 11.3 Å². The van der Waals surface area contributed by atoms with Crippen LogP contribution in [0.3, 0.4) is 0 Å². The number of thiophene rings is 1. The lowest BCUT2D eigenvalue weighted by atomic mass is 10.1. The van der Waals surface area contributed by atoms with Gasteiger partial charge in [-0.3, -0.25) is 4.79 Å². The average Bonchev–Trinajstić information content (AvgIpc) is 3.32. The van der Waals surface area contributed by atoms with Crippen molar-refractivity contribution >= 4 is 33.3 Å². The third-order valence-corrected chi connectivity index (χ3v) is 5.61. The van der Waals surface area contributed by atoms with Crippen LogP contribution in [0, 0.1) is 12.8 Å². The van der Waals surface area contributed by atoms with Gasteiger partial charge in [0.25, 0.3) is 0 Å². The second-order valence-corrected chi connectivity index (χ2v) is 7.24. The number of fused-ring (bicyclic) bond motifs is 1. The summed E-state index contributed by atoms with van der Waals surface area (Å²) in [5.41, 5.74) is 2.26. The predicted molar refractivity (Wildman–Crippen MR) is 88.3 cm³/mol. The number of hydrogen-bond acceptors (Lipinski definition) is 5. The lowest BCUT2D eigenvalue weighted by Gasteiger charge is -2.34. The van der Waals surface area contributed by atoms with Gasteiger partial charge < -0.3 is 10.2 Å². The van der Waals surface area contributed by atoms with Gasteiger partial charge in [0.05, 0.1) is 10.2 Å². The number of aromatic nitrogens is 2. The highest BCUT2D eigenvalue weighted by molar-refractivity contribution is 7.18. The fourth-order valence-corrected chi connectivity index (χ4v) is 4.15. The van der Waals surface area contributed by atoms with Gasteiger partial charge in [-0.05, 0) is 43.6 Å². The SMILES string of the molecule is Cc1csc2c(N3CCCC(NC(=O)C4CC4)C3)ncnc12. The summed E-state index contributed by atoms with van der Waals surface area (Å²) in [5.74, 6) is 1.54. The number of anilines is 1. The first-order valence-electron chi connectivity index (χ1n) is 7.96. The Kier molecular flexibility index (Phi) is 3.48. The van der Waals surface area contributed by atoms with Crippen LogP contribution >= 0.6 is 11.3 Å². The second kappa shape index (κ2) is 5.50. The number of nitrogens with one attached hydrogen (secondary N) is 1. The van der Waals surface area contributed by atoms with Crippen LogP contribution in [0.5, 0.6) is 0 Å². The van der Waals surface area contributed by atoms with Crippen molar-refractivity contribution in [1.82, 2.24) is 15.3 Å². The van der Waals surface area contributed by atoms with Crippen molar-refractivity contribution in [1.29, 1.82) is 0 Å². The van der Waals surface area contributed by atoms with E-state index >= 15 is 0 Å². The highest BCUT2D eigenvalue weighted by Crippen LogP contribution is 2.33. The maximum atomic E-state index is 12.0. The number of hydrogen-bond donors (Lipinski definition) is 1. The molecule has 116 valence electrons. The van der Waals surface area contributed by atoms with Crippen molar-refractivity contribution in [3.05, 3.63) is 17.3 Å². The molecule has 5 nitrogen and oxygen atoms in total. The van der Waals surface area contributed by atoms with Gasteiger partial charge in [0, 0.05) is 25.0 Å². The van der Waals surface area contributed by atoms with E-state index in [1.165, 1.54) is 5.56 Å². The summed E-state index contributed by atoms with van der Waals surface area (Å²) in [6.45, 7) is 3.94. The van der Waals surface area contributed by atoms with E-state index in [1.807, 2.05) is 0 Å². The van der Waals surface area contributed by atoms with Gasteiger partial charge in [-0.1, -0.05) is 0 Å². The first kappa shape index (κ1) is 13.9. The molecule has 22 heavy (non-hydrogen) atoms.